The van der Waals surface area contributed by atoms with Crippen LogP contribution < -0.4 is 16.6 Å². The first-order chi connectivity index (χ1) is 27.1. The molecule has 13 heteroatoms. The van der Waals surface area contributed by atoms with Crippen LogP contribution in [0.2, 0.25) is 0 Å². The third-order valence-corrected chi connectivity index (χ3v) is 13.6. The minimum absolute atomic E-state index is 0.00477. The number of hydrogen-bond donors (Lipinski definition) is 3. The molecular weight excluding hydrogens is 714 g/mol. The fourth-order valence-corrected chi connectivity index (χ4v) is 9.99. The normalized spacial score (nSPS) is 25.7. The number of nitrogens with zero attached hydrogens (tertiary/aromatic N) is 4. The lowest BCUT2D eigenvalue weighted by atomic mass is 9.70. The Balaban J connectivity index is 0.770. The number of piperidine rings is 1. The van der Waals surface area contributed by atoms with Crippen molar-refractivity contribution >= 4 is 28.5 Å². The Morgan fingerprint density at radius 1 is 0.911 bits per heavy atom. The zero-order valence-electron chi connectivity index (χ0n) is 32.4. The monoisotopic (exact) mass is 769 g/mol. The average Bonchev–Trinajstić information content (AvgIpc) is 3.24. The largest absolute Gasteiger partial charge is 0.371 e. The first-order valence-corrected chi connectivity index (χ1v) is 20.9. The SMILES string of the molecule is NC(C(=O)NC12CCC(CN3CCC(CC(=O)N4CCN(C(=O)c5cc(Cc6n[nH]c(=O)c7ccccc67)ccc5F)CC4)CC3)(CC1)OC2)C1CCCCC1. The summed E-state index contributed by atoms with van der Waals surface area (Å²) >= 11 is 0. The number of likely N-dealkylation sites (tertiary alicyclic amines) is 1. The molecule has 56 heavy (non-hydrogen) atoms. The molecule has 9 rings (SSSR count). The molecule has 1 aromatic heterocycles. The van der Waals surface area contributed by atoms with E-state index in [0.717, 1.165) is 71.0 Å². The van der Waals surface area contributed by atoms with Crippen LogP contribution in [0.15, 0.2) is 47.3 Å². The number of fused-ring (bicyclic) bond motifs is 4. The number of nitrogens with two attached hydrogens (primary N) is 1. The molecule has 2 aromatic carbocycles. The van der Waals surface area contributed by atoms with Gasteiger partial charge in [0.05, 0.1) is 40.4 Å². The summed E-state index contributed by atoms with van der Waals surface area (Å²) in [6.07, 6.45) is 12.1. The van der Waals surface area contributed by atoms with Gasteiger partial charge in [-0.05, 0) is 100 Å². The number of carbonyl (C=O) groups excluding carboxylic acids is 3. The molecule has 1 unspecified atom stereocenters. The summed E-state index contributed by atoms with van der Waals surface area (Å²) in [5, 5.41) is 11.3. The Labute approximate surface area is 327 Å². The molecule has 2 saturated carbocycles. The van der Waals surface area contributed by atoms with Crippen molar-refractivity contribution in [3.63, 3.8) is 0 Å². The molecule has 3 aromatic rings. The number of aromatic amines is 1. The maximum Gasteiger partial charge on any atom is 0.272 e. The molecule has 2 bridgehead atoms. The van der Waals surface area contributed by atoms with Crippen LogP contribution in [0, 0.1) is 17.7 Å². The Bertz CT molecular complexity index is 1960. The lowest BCUT2D eigenvalue weighted by Gasteiger charge is -2.55. The molecule has 300 valence electrons. The maximum absolute atomic E-state index is 15.0. The predicted molar refractivity (Wildman–Crippen MR) is 210 cm³/mol. The fourth-order valence-electron chi connectivity index (χ4n) is 9.99. The van der Waals surface area contributed by atoms with E-state index in [0.29, 0.717) is 73.6 Å². The highest BCUT2D eigenvalue weighted by molar-refractivity contribution is 5.95. The molecule has 12 nitrogen and oxygen atoms in total. The van der Waals surface area contributed by atoms with E-state index >= 15 is 4.39 Å². The van der Waals surface area contributed by atoms with Gasteiger partial charge in [-0.2, -0.15) is 5.10 Å². The van der Waals surface area contributed by atoms with Gasteiger partial charge in [-0.25, -0.2) is 9.49 Å². The molecule has 6 aliphatic rings. The first kappa shape index (κ1) is 38.7. The van der Waals surface area contributed by atoms with Crippen molar-refractivity contribution in [1.29, 1.82) is 0 Å². The number of H-pyrrole nitrogens is 1. The number of benzene rings is 2. The van der Waals surface area contributed by atoms with Gasteiger partial charge in [0.2, 0.25) is 11.8 Å². The standard InChI is InChI=1S/C43H56FN7O5/c44-35-11-10-30(25-36-32-8-4-5-9-33(32)39(53)48-47-36)24-34(35)41(55)51-22-20-50(21-23-51)37(52)26-29-12-18-49(19-13-29)27-43-16-14-42(15-17-43,28-56-43)46-40(54)38(45)31-6-2-1-3-7-31/h4-5,8-11,24,29,31,38H,1-3,6-7,12-23,25-28,45H2,(H,46,54)(H,48,53). The maximum atomic E-state index is 15.0. The van der Waals surface area contributed by atoms with Gasteiger partial charge in [0.15, 0.2) is 0 Å². The fraction of sp³-hybridized carbons (Fsp3) is 0.605. The van der Waals surface area contributed by atoms with E-state index in [1.165, 1.54) is 25.3 Å². The Morgan fingerprint density at radius 3 is 2.30 bits per heavy atom. The van der Waals surface area contributed by atoms with Crippen LogP contribution in [-0.2, 0) is 20.7 Å². The zero-order valence-corrected chi connectivity index (χ0v) is 32.4. The number of amides is 3. The van der Waals surface area contributed by atoms with Gasteiger partial charge in [0.25, 0.3) is 11.5 Å². The van der Waals surface area contributed by atoms with Gasteiger partial charge in [0, 0.05) is 51.0 Å². The smallest absolute Gasteiger partial charge is 0.272 e. The van der Waals surface area contributed by atoms with Crippen LogP contribution in [0.1, 0.15) is 98.7 Å². The molecule has 1 atom stereocenters. The Kier molecular flexibility index (Phi) is 11.3. The third-order valence-electron chi connectivity index (χ3n) is 13.6. The third kappa shape index (κ3) is 8.26. The van der Waals surface area contributed by atoms with Gasteiger partial charge in [0.1, 0.15) is 5.82 Å². The molecule has 0 spiro atoms. The van der Waals surface area contributed by atoms with E-state index in [4.69, 9.17) is 10.5 Å². The summed E-state index contributed by atoms with van der Waals surface area (Å²) in [6, 6.07) is 11.3. The highest BCUT2D eigenvalue weighted by Crippen LogP contribution is 2.44. The van der Waals surface area contributed by atoms with E-state index in [-0.39, 0.29) is 40.0 Å². The Morgan fingerprint density at radius 2 is 1.61 bits per heavy atom. The van der Waals surface area contributed by atoms with Gasteiger partial charge in [-0.1, -0.05) is 43.5 Å². The quantitative estimate of drug-likeness (QED) is 0.278. The van der Waals surface area contributed by atoms with Crippen LogP contribution in [0.5, 0.6) is 0 Å². The summed E-state index contributed by atoms with van der Waals surface area (Å²) < 4.78 is 21.6. The molecule has 2 aliphatic carbocycles. The van der Waals surface area contributed by atoms with Crippen LogP contribution in [0.4, 0.5) is 4.39 Å². The molecule has 4 saturated heterocycles. The number of carbonyl (C=O) groups is 3. The summed E-state index contributed by atoms with van der Waals surface area (Å²) in [5.41, 5.74) is 7.04. The average molecular weight is 770 g/mol. The summed E-state index contributed by atoms with van der Waals surface area (Å²) in [6.45, 7) is 4.84. The van der Waals surface area contributed by atoms with Crippen LogP contribution in [0.25, 0.3) is 10.8 Å². The topological polar surface area (TPSA) is 154 Å². The molecule has 5 heterocycles. The number of halogens is 1. The van der Waals surface area contributed by atoms with Crippen molar-refractivity contribution in [2.75, 3.05) is 52.4 Å². The van der Waals surface area contributed by atoms with Crippen molar-refractivity contribution in [3.05, 3.63) is 75.5 Å². The lowest BCUT2D eigenvalue weighted by Crippen LogP contribution is -2.67. The van der Waals surface area contributed by atoms with Crippen LogP contribution in [0.3, 0.4) is 0 Å². The summed E-state index contributed by atoms with van der Waals surface area (Å²) in [4.78, 5) is 58.2. The van der Waals surface area contributed by atoms with Crippen molar-refractivity contribution in [3.8, 4) is 0 Å². The van der Waals surface area contributed by atoms with Crippen LogP contribution in [-0.4, -0.2) is 112 Å². The van der Waals surface area contributed by atoms with Crippen molar-refractivity contribution in [2.24, 2.45) is 17.6 Å². The second kappa shape index (κ2) is 16.3. The van der Waals surface area contributed by atoms with Gasteiger partial charge >= 0.3 is 0 Å². The van der Waals surface area contributed by atoms with E-state index < -0.39 is 17.8 Å². The Hall–Kier alpha value is -4.20. The van der Waals surface area contributed by atoms with E-state index in [1.807, 2.05) is 17.0 Å². The predicted octanol–water partition coefficient (Wildman–Crippen LogP) is 4.15. The molecule has 3 amide bonds. The van der Waals surface area contributed by atoms with Crippen LogP contribution >= 0.6 is 0 Å². The highest BCUT2D eigenvalue weighted by atomic mass is 19.1. The van der Waals surface area contributed by atoms with Gasteiger partial charge in [-0.15, -0.1) is 0 Å². The lowest BCUT2D eigenvalue weighted by molar-refractivity contribution is -0.176. The molecule has 0 radical (unpaired) electrons. The zero-order chi connectivity index (χ0) is 38.9. The molecule has 4 aliphatic heterocycles. The van der Waals surface area contributed by atoms with Crippen molar-refractivity contribution in [1.82, 2.24) is 30.2 Å². The number of rotatable bonds is 10. The van der Waals surface area contributed by atoms with E-state index in [1.54, 1.807) is 29.2 Å². The van der Waals surface area contributed by atoms with Gasteiger partial charge < -0.3 is 30.5 Å². The minimum Gasteiger partial charge on any atom is -0.371 e. The number of aromatic nitrogens is 2. The number of piperazine rings is 1. The number of nitrogens with one attached hydrogen (secondary N) is 2. The van der Waals surface area contributed by atoms with Gasteiger partial charge in [-0.3, -0.25) is 19.2 Å². The summed E-state index contributed by atoms with van der Waals surface area (Å²) in [7, 11) is 0. The van der Waals surface area contributed by atoms with E-state index in [2.05, 4.69) is 20.4 Å². The van der Waals surface area contributed by atoms with E-state index in [9.17, 15) is 19.2 Å². The first-order valence-electron chi connectivity index (χ1n) is 20.9. The molecular formula is C43H56FN7O5. The minimum atomic E-state index is -0.590. The summed E-state index contributed by atoms with van der Waals surface area (Å²) in [5.74, 6) is -0.267. The molecule has 4 N–H and O–H groups in total. The highest BCUT2D eigenvalue weighted by Gasteiger charge is 2.51. The second-order valence-electron chi connectivity index (χ2n) is 17.3. The molecule has 6 fully saturated rings. The number of ether oxygens (including phenoxy) is 1. The van der Waals surface area contributed by atoms with Crippen molar-refractivity contribution < 1.29 is 23.5 Å². The van der Waals surface area contributed by atoms with Crippen molar-refractivity contribution in [2.45, 2.75) is 101 Å². The second-order valence-corrected chi connectivity index (χ2v) is 17.3. The number of hydrogen-bond acceptors (Lipinski definition) is 8.